The van der Waals surface area contributed by atoms with Crippen LogP contribution in [0.4, 0.5) is 0 Å². The van der Waals surface area contributed by atoms with Gasteiger partial charge in [0, 0.05) is 17.9 Å². The van der Waals surface area contributed by atoms with Gasteiger partial charge >= 0.3 is 5.97 Å². The molecule has 0 saturated carbocycles. The molecule has 0 aromatic heterocycles. The van der Waals surface area contributed by atoms with Crippen molar-refractivity contribution in [1.82, 2.24) is 0 Å². The van der Waals surface area contributed by atoms with Crippen LogP contribution in [-0.4, -0.2) is 12.1 Å². The molecule has 0 bridgehead atoms. The van der Waals surface area contributed by atoms with Crippen molar-refractivity contribution in [3.05, 3.63) is 46.5 Å². The van der Waals surface area contributed by atoms with Crippen molar-refractivity contribution in [3.8, 4) is 0 Å². The summed E-state index contributed by atoms with van der Waals surface area (Å²) in [5.41, 5.74) is 6.04. The predicted molar refractivity (Wildman–Crippen MR) is 65.8 cm³/mol. The minimum absolute atomic E-state index is 0.0167. The van der Waals surface area contributed by atoms with E-state index in [-0.39, 0.29) is 18.0 Å². The Labute approximate surface area is 101 Å². The van der Waals surface area contributed by atoms with Crippen LogP contribution in [0.1, 0.15) is 22.3 Å². The highest BCUT2D eigenvalue weighted by molar-refractivity contribution is 5.91. The zero-order valence-electron chi connectivity index (χ0n) is 10.2. The fourth-order valence-corrected chi connectivity index (χ4v) is 3.03. The molecule has 2 nitrogen and oxygen atoms in total. The maximum Gasteiger partial charge on any atom is 0.334 e. The molecule has 0 radical (unpaired) electrons. The van der Waals surface area contributed by atoms with E-state index in [0.717, 1.165) is 12.8 Å². The Morgan fingerprint density at radius 3 is 2.41 bits per heavy atom. The molecule has 2 unspecified atom stereocenters. The van der Waals surface area contributed by atoms with Crippen LogP contribution in [0.3, 0.4) is 0 Å². The fourth-order valence-electron chi connectivity index (χ4n) is 3.03. The van der Waals surface area contributed by atoms with E-state index >= 15 is 0 Å². The van der Waals surface area contributed by atoms with E-state index in [2.05, 4.69) is 32.6 Å². The number of carbonyl (C=O) groups excluding carboxylic acids is 1. The van der Waals surface area contributed by atoms with Gasteiger partial charge in [-0.2, -0.15) is 0 Å². The zero-order valence-corrected chi connectivity index (χ0v) is 10.2. The minimum atomic E-state index is -0.205. The number of hydrogen-bond acceptors (Lipinski definition) is 2. The molecule has 1 heterocycles. The standard InChI is InChI=1S/C15H16O2/c1-8-4-5-9(2)12-7-14-13(6-11(8)12)10(3)15(16)17-14/h4-5,13-14H,3,6-7H2,1-2H3. The summed E-state index contributed by atoms with van der Waals surface area (Å²) in [6.07, 6.45) is 1.76. The molecular weight excluding hydrogens is 212 g/mol. The molecule has 17 heavy (non-hydrogen) atoms. The molecule has 2 atom stereocenters. The second kappa shape index (κ2) is 3.46. The number of hydrogen-bond donors (Lipinski definition) is 0. The van der Waals surface area contributed by atoms with E-state index < -0.39 is 0 Å². The van der Waals surface area contributed by atoms with Gasteiger partial charge in [-0.3, -0.25) is 0 Å². The zero-order chi connectivity index (χ0) is 12.2. The maximum absolute atomic E-state index is 11.5. The number of carbonyl (C=O) groups is 1. The SMILES string of the molecule is C=C1C(=O)OC2Cc3c(C)ccc(C)c3CC12. The lowest BCUT2D eigenvalue weighted by atomic mass is 9.77. The van der Waals surface area contributed by atoms with Gasteiger partial charge in [0.2, 0.25) is 0 Å². The van der Waals surface area contributed by atoms with Crippen molar-refractivity contribution < 1.29 is 9.53 Å². The fraction of sp³-hybridized carbons (Fsp3) is 0.400. The average Bonchev–Trinajstić information content (AvgIpc) is 2.59. The van der Waals surface area contributed by atoms with E-state index in [1.807, 2.05) is 0 Å². The highest BCUT2D eigenvalue weighted by atomic mass is 16.6. The summed E-state index contributed by atoms with van der Waals surface area (Å²) in [5.74, 6) is -0.0152. The summed E-state index contributed by atoms with van der Waals surface area (Å²) in [6, 6.07) is 4.31. The quantitative estimate of drug-likeness (QED) is 0.504. The predicted octanol–water partition coefficient (Wildman–Crippen LogP) is 2.50. The number of esters is 1. The van der Waals surface area contributed by atoms with Gasteiger partial charge in [0.1, 0.15) is 6.10 Å². The third-order valence-electron chi connectivity index (χ3n) is 4.15. The monoisotopic (exact) mass is 228 g/mol. The molecule has 0 spiro atoms. The van der Waals surface area contributed by atoms with Crippen molar-refractivity contribution in [1.29, 1.82) is 0 Å². The molecule has 88 valence electrons. The molecule has 1 fully saturated rings. The summed E-state index contributed by atoms with van der Waals surface area (Å²) in [4.78, 5) is 11.5. The number of ether oxygens (including phenoxy) is 1. The summed E-state index contributed by atoms with van der Waals surface area (Å²) < 4.78 is 5.39. The van der Waals surface area contributed by atoms with E-state index in [1.54, 1.807) is 0 Å². The van der Waals surface area contributed by atoms with Crippen LogP contribution in [0.5, 0.6) is 0 Å². The third kappa shape index (κ3) is 1.43. The van der Waals surface area contributed by atoms with Gasteiger partial charge < -0.3 is 4.74 Å². The van der Waals surface area contributed by atoms with Gasteiger partial charge in [-0.05, 0) is 42.5 Å². The van der Waals surface area contributed by atoms with Crippen LogP contribution in [0.2, 0.25) is 0 Å². The molecule has 2 heteroatoms. The lowest BCUT2D eigenvalue weighted by Crippen LogP contribution is -2.28. The van der Waals surface area contributed by atoms with Crippen LogP contribution in [0, 0.1) is 19.8 Å². The molecule has 0 amide bonds. The average molecular weight is 228 g/mol. The summed E-state index contributed by atoms with van der Waals surface area (Å²) in [7, 11) is 0. The molecule has 1 aliphatic carbocycles. The topological polar surface area (TPSA) is 26.3 Å². The lowest BCUT2D eigenvalue weighted by molar-refractivity contribution is -0.139. The second-order valence-electron chi connectivity index (χ2n) is 5.14. The molecule has 2 aliphatic rings. The Kier molecular flexibility index (Phi) is 2.15. The first kappa shape index (κ1) is 10.6. The Hall–Kier alpha value is -1.57. The molecule has 1 saturated heterocycles. The normalized spacial score (nSPS) is 26.5. The van der Waals surface area contributed by atoms with Crippen molar-refractivity contribution in [2.45, 2.75) is 32.8 Å². The Morgan fingerprint density at radius 2 is 1.76 bits per heavy atom. The van der Waals surface area contributed by atoms with Gasteiger partial charge in [-0.25, -0.2) is 4.79 Å². The molecule has 1 aromatic rings. The van der Waals surface area contributed by atoms with E-state index in [1.165, 1.54) is 22.3 Å². The van der Waals surface area contributed by atoms with Crippen LogP contribution in [0.25, 0.3) is 0 Å². The second-order valence-corrected chi connectivity index (χ2v) is 5.14. The number of fused-ring (bicyclic) bond motifs is 2. The van der Waals surface area contributed by atoms with Crippen LogP contribution >= 0.6 is 0 Å². The van der Waals surface area contributed by atoms with Gasteiger partial charge in [0.15, 0.2) is 0 Å². The van der Waals surface area contributed by atoms with Gasteiger partial charge in [0.25, 0.3) is 0 Å². The Morgan fingerprint density at radius 1 is 1.18 bits per heavy atom. The highest BCUT2D eigenvalue weighted by Gasteiger charge is 2.42. The van der Waals surface area contributed by atoms with E-state index in [0.29, 0.717) is 5.57 Å². The van der Waals surface area contributed by atoms with E-state index in [9.17, 15) is 4.79 Å². The lowest BCUT2D eigenvalue weighted by Gasteiger charge is -2.28. The van der Waals surface area contributed by atoms with Crippen molar-refractivity contribution in [2.75, 3.05) is 0 Å². The Bertz CT molecular complexity index is 528. The minimum Gasteiger partial charge on any atom is -0.458 e. The first-order valence-electron chi connectivity index (χ1n) is 6.05. The summed E-state index contributed by atoms with van der Waals surface area (Å²) in [5, 5.41) is 0. The number of benzene rings is 1. The molecule has 0 N–H and O–H groups in total. The largest absolute Gasteiger partial charge is 0.458 e. The summed E-state index contributed by atoms with van der Waals surface area (Å²) in [6.45, 7) is 8.14. The van der Waals surface area contributed by atoms with Crippen molar-refractivity contribution in [2.24, 2.45) is 5.92 Å². The number of rotatable bonds is 0. The molecule has 3 rings (SSSR count). The van der Waals surface area contributed by atoms with Crippen LogP contribution in [-0.2, 0) is 22.4 Å². The van der Waals surface area contributed by atoms with Crippen LogP contribution < -0.4 is 0 Å². The van der Waals surface area contributed by atoms with Gasteiger partial charge in [-0.15, -0.1) is 0 Å². The first-order valence-corrected chi connectivity index (χ1v) is 6.05. The molecule has 1 aromatic carbocycles. The molecule has 1 aliphatic heterocycles. The smallest absolute Gasteiger partial charge is 0.334 e. The van der Waals surface area contributed by atoms with Gasteiger partial charge in [-0.1, -0.05) is 18.7 Å². The third-order valence-corrected chi connectivity index (χ3v) is 4.15. The van der Waals surface area contributed by atoms with Gasteiger partial charge in [0.05, 0.1) is 0 Å². The number of aryl methyl sites for hydroxylation is 2. The first-order chi connectivity index (χ1) is 8.08. The summed E-state index contributed by atoms with van der Waals surface area (Å²) >= 11 is 0. The maximum atomic E-state index is 11.5. The van der Waals surface area contributed by atoms with Crippen LogP contribution in [0.15, 0.2) is 24.3 Å². The Balaban J connectivity index is 2.08. The van der Waals surface area contributed by atoms with E-state index in [4.69, 9.17) is 4.74 Å². The van der Waals surface area contributed by atoms with Crippen molar-refractivity contribution in [3.63, 3.8) is 0 Å². The molecular formula is C15H16O2. The van der Waals surface area contributed by atoms with Crippen molar-refractivity contribution >= 4 is 5.97 Å². The highest BCUT2D eigenvalue weighted by Crippen LogP contribution is 2.39.